The summed E-state index contributed by atoms with van der Waals surface area (Å²) in [7, 11) is 0. The number of H-pyrrole nitrogens is 1. The normalized spacial score (nSPS) is 11.2. The maximum Gasteiger partial charge on any atom is 0.186 e. The Morgan fingerprint density at radius 3 is 2.15 bits per heavy atom. The first-order valence-corrected chi connectivity index (χ1v) is 5.46. The van der Waals surface area contributed by atoms with Crippen molar-refractivity contribution < 1.29 is 22.0 Å². The molecule has 0 fully saturated rings. The van der Waals surface area contributed by atoms with Crippen LogP contribution in [0.15, 0.2) is 24.3 Å². The van der Waals surface area contributed by atoms with Gasteiger partial charge in [0.1, 0.15) is 28.8 Å². The maximum atomic E-state index is 13.6. The van der Waals surface area contributed by atoms with Gasteiger partial charge in [-0.15, -0.1) is 0 Å². The van der Waals surface area contributed by atoms with E-state index in [4.69, 9.17) is 0 Å². The van der Waals surface area contributed by atoms with Crippen LogP contribution in [0, 0.1) is 29.1 Å². The number of imidazole rings is 1. The maximum absolute atomic E-state index is 13.6. The fourth-order valence-corrected chi connectivity index (χ4v) is 1.90. The summed E-state index contributed by atoms with van der Waals surface area (Å²) >= 11 is 0. The van der Waals surface area contributed by atoms with Crippen molar-refractivity contribution in [2.45, 2.75) is 0 Å². The van der Waals surface area contributed by atoms with Crippen molar-refractivity contribution >= 4 is 11.0 Å². The monoisotopic (exact) mass is 284 g/mol. The molecule has 0 aliphatic heterocycles. The van der Waals surface area contributed by atoms with Gasteiger partial charge in [-0.3, -0.25) is 0 Å². The average Bonchev–Trinajstić information content (AvgIpc) is 2.77. The van der Waals surface area contributed by atoms with Gasteiger partial charge in [0.05, 0.1) is 11.1 Å². The number of nitrogens with zero attached hydrogens (tertiary/aromatic N) is 1. The lowest BCUT2D eigenvalue weighted by Crippen LogP contribution is -1.93. The second-order valence-electron chi connectivity index (χ2n) is 4.09. The Bertz CT molecular complexity index is 802. The molecule has 2 aromatic carbocycles. The van der Waals surface area contributed by atoms with Crippen LogP contribution in [0.25, 0.3) is 22.4 Å². The first kappa shape index (κ1) is 12.6. The molecule has 0 aliphatic carbocycles. The highest BCUT2D eigenvalue weighted by molar-refractivity contribution is 5.80. The molecular formula is C13H5F5N2. The van der Waals surface area contributed by atoms with Gasteiger partial charge >= 0.3 is 0 Å². The van der Waals surface area contributed by atoms with Crippen molar-refractivity contribution in [1.82, 2.24) is 9.97 Å². The quantitative estimate of drug-likeness (QED) is 0.674. The fourth-order valence-electron chi connectivity index (χ4n) is 1.90. The van der Waals surface area contributed by atoms with Crippen LogP contribution in [0.4, 0.5) is 22.0 Å². The number of hydrogen-bond donors (Lipinski definition) is 1. The van der Waals surface area contributed by atoms with Gasteiger partial charge in [0.25, 0.3) is 0 Å². The molecule has 102 valence electrons. The van der Waals surface area contributed by atoms with E-state index >= 15 is 0 Å². The van der Waals surface area contributed by atoms with Gasteiger partial charge in [0, 0.05) is 12.1 Å². The number of fused-ring (bicyclic) bond motifs is 1. The van der Waals surface area contributed by atoms with Crippen LogP contribution in [0.3, 0.4) is 0 Å². The van der Waals surface area contributed by atoms with Crippen molar-refractivity contribution in [3.05, 3.63) is 53.4 Å². The van der Waals surface area contributed by atoms with Crippen molar-refractivity contribution in [3.8, 4) is 11.4 Å². The number of rotatable bonds is 1. The zero-order chi connectivity index (χ0) is 14.4. The van der Waals surface area contributed by atoms with E-state index in [1.807, 2.05) is 0 Å². The summed E-state index contributed by atoms with van der Waals surface area (Å²) in [5.41, 5.74) is -0.951. The zero-order valence-electron chi connectivity index (χ0n) is 9.65. The molecule has 1 N–H and O–H groups in total. The van der Waals surface area contributed by atoms with E-state index in [-0.39, 0.29) is 16.9 Å². The van der Waals surface area contributed by atoms with E-state index in [9.17, 15) is 22.0 Å². The predicted molar refractivity (Wildman–Crippen MR) is 61.3 cm³/mol. The van der Waals surface area contributed by atoms with Crippen LogP contribution in [0.5, 0.6) is 0 Å². The molecular weight excluding hydrogens is 279 g/mol. The second kappa shape index (κ2) is 4.29. The lowest BCUT2D eigenvalue weighted by molar-refractivity contribution is 0.515. The first-order chi connectivity index (χ1) is 9.47. The SMILES string of the molecule is Fc1cc(F)c(-c2nc3c(F)c(F)ccc3[nH]2)c(F)c1. The molecule has 0 aliphatic rings. The summed E-state index contributed by atoms with van der Waals surface area (Å²) in [6.07, 6.45) is 0. The number of hydrogen-bond acceptors (Lipinski definition) is 1. The minimum Gasteiger partial charge on any atom is -0.338 e. The molecule has 2 nitrogen and oxygen atoms in total. The van der Waals surface area contributed by atoms with E-state index < -0.39 is 34.6 Å². The number of nitrogens with one attached hydrogen (secondary N) is 1. The molecule has 0 saturated carbocycles. The van der Waals surface area contributed by atoms with Crippen molar-refractivity contribution in [3.63, 3.8) is 0 Å². The van der Waals surface area contributed by atoms with Crippen molar-refractivity contribution in [1.29, 1.82) is 0 Å². The number of halogens is 5. The zero-order valence-corrected chi connectivity index (χ0v) is 9.65. The molecule has 0 amide bonds. The number of benzene rings is 2. The van der Waals surface area contributed by atoms with E-state index in [0.29, 0.717) is 12.1 Å². The summed E-state index contributed by atoms with van der Waals surface area (Å²) < 4.78 is 66.6. The third-order valence-corrected chi connectivity index (χ3v) is 2.79. The summed E-state index contributed by atoms with van der Waals surface area (Å²) in [6.45, 7) is 0. The molecule has 0 spiro atoms. The van der Waals surface area contributed by atoms with Crippen LogP contribution >= 0.6 is 0 Å². The lowest BCUT2D eigenvalue weighted by atomic mass is 10.2. The van der Waals surface area contributed by atoms with Crippen LogP contribution < -0.4 is 0 Å². The van der Waals surface area contributed by atoms with Gasteiger partial charge in [-0.05, 0) is 12.1 Å². The lowest BCUT2D eigenvalue weighted by Gasteiger charge is -2.01. The fraction of sp³-hybridized carbons (Fsp3) is 0. The van der Waals surface area contributed by atoms with Gasteiger partial charge < -0.3 is 4.98 Å². The summed E-state index contributed by atoms with van der Waals surface area (Å²) in [5, 5.41) is 0. The minimum absolute atomic E-state index is 0.0713. The molecule has 3 rings (SSSR count). The third kappa shape index (κ3) is 1.82. The minimum atomic E-state index is -1.23. The smallest absolute Gasteiger partial charge is 0.186 e. The van der Waals surface area contributed by atoms with Crippen LogP contribution in [-0.2, 0) is 0 Å². The summed E-state index contributed by atoms with van der Waals surface area (Å²) in [6, 6.07) is 2.99. The predicted octanol–water partition coefficient (Wildman–Crippen LogP) is 3.93. The molecule has 1 aromatic heterocycles. The van der Waals surface area contributed by atoms with Crippen molar-refractivity contribution in [2.75, 3.05) is 0 Å². The molecule has 0 unspecified atom stereocenters. The van der Waals surface area contributed by atoms with Gasteiger partial charge in [-0.1, -0.05) is 0 Å². The van der Waals surface area contributed by atoms with Crippen LogP contribution in [0.2, 0.25) is 0 Å². The van der Waals surface area contributed by atoms with Crippen LogP contribution in [-0.4, -0.2) is 9.97 Å². The summed E-state index contributed by atoms with van der Waals surface area (Å²) in [5.74, 6) is -6.18. The molecule has 0 saturated heterocycles. The van der Waals surface area contributed by atoms with E-state index in [2.05, 4.69) is 9.97 Å². The molecule has 7 heteroatoms. The number of aromatic nitrogens is 2. The van der Waals surface area contributed by atoms with Crippen molar-refractivity contribution in [2.24, 2.45) is 0 Å². The molecule has 0 radical (unpaired) electrons. The topological polar surface area (TPSA) is 28.7 Å². The molecule has 0 bridgehead atoms. The molecule has 0 atom stereocenters. The molecule has 20 heavy (non-hydrogen) atoms. The summed E-state index contributed by atoms with van der Waals surface area (Å²) in [4.78, 5) is 6.08. The Morgan fingerprint density at radius 2 is 1.50 bits per heavy atom. The second-order valence-corrected chi connectivity index (χ2v) is 4.09. The van der Waals surface area contributed by atoms with Gasteiger partial charge in [0.2, 0.25) is 0 Å². The Morgan fingerprint density at radius 1 is 0.850 bits per heavy atom. The first-order valence-electron chi connectivity index (χ1n) is 5.46. The Hall–Kier alpha value is -2.44. The molecule has 3 aromatic rings. The largest absolute Gasteiger partial charge is 0.338 e. The van der Waals surface area contributed by atoms with E-state index in [1.165, 1.54) is 6.07 Å². The Balaban J connectivity index is 2.28. The third-order valence-electron chi connectivity index (χ3n) is 2.79. The van der Waals surface area contributed by atoms with Gasteiger partial charge in [-0.2, -0.15) is 0 Å². The van der Waals surface area contributed by atoms with E-state index in [1.54, 1.807) is 0 Å². The van der Waals surface area contributed by atoms with Gasteiger partial charge in [0.15, 0.2) is 11.6 Å². The standard InChI is InChI=1S/C13H5F5N2/c14-5-3-7(16)10(8(17)4-5)13-19-9-2-1-6(15)11(18)12(9)20-13/h1-4H,(H,19,20). The van der Waals surface area contributed by atoms with E-state index in [0.717, 1.165) is 6.07 Å². The highest BCUT2D eigenvalue weighted by Gasteiger charge is 2.19. The average molecular weight is 284 g/mol. The highest BCUT2D eigenvalue weighted by atomic mass is 19.2. The Kier molecular flexibility index (Phi) is 2.70. The van der Waals surface area contributed by atoms with Gasteiger partial charge in [-0.25, -0.2) is 26.9 Å². The Labute approximate surface area is 108 Å². The highest BCUT2D eigenvalue weighted by Crippen LogP contribution is 2.28. The van der Waals surface area contributed by atoms with Crippen LogP contribution in [0.1, 0.15) is 0 Å². The number of aromatic amines is 1. The molecule has 1 heterocycles.